The predicted octanol–water partition coefficient (Wildman–Crippen LogP) is 5.44. The van der Waals surface area contributed by atoms with Crippen molar-refractivity contribution in [1.82, 2.24) is 0 Å². The van der Waals surface area contributed by atoms with E-state index in [1.54, 1.807) is 24.3 Å². The van der Waals surface area contributed by atoms with Crippen molar-refractivity contribution in [3.05, 3.63) is 71.5 Å². The van der Waals surface area contributed by atoms with Crippen molar-refractivity contribution in [3.63, 3.8) is 0 Å². The molecule has 0 aromatic heterocycles. The van der Waals surface area contributed by atoms with Crippen molar-refractivity contribution in [2.75, 3.05) is 5.32 Å². The normalized spacial score (nSPS) is 11.5. The fraction of sp³-hybridized carbons (Fsp3) is 0.0556. The van der Waals surface area contributed by atoms with Crippen LogP contribution in [0.3, 0.4) is 0 Å². The van der Waals surface area contributed by atoms with Gasteiger partial charge >= 0.3 is 12.1 Å². The molecule has 0 fully saturated rings. The zero-order valence-corrected chi connectivity index (χ0v) is 12.6. The van der Waals surface area contributed by atoms with Gasteiger partial charge in [-0.25, -0.2) is 9.18 Å². The van der Waals surface area contributed by atoms with Crippen LogP contribution in [-0.2, 0) is 6.18 Å². The molecular formula is C18H11F4NO2. The van der Waals surface area contributed by atoms with E-state index < -0.39 is 23.5 Å². The van der Waals surface area contributed by atoms with Gasteiger partial charge in [-0.15, -0.1) is 0 Å². The number of rotatable bonds is 3. The Morgan fingerprint density at radius 3 is 2.28 bits per heavy atom. The third-order valence-corrected chi connectivity index (χ3v) is 3.71. The Hall–Kier alpha value is -3.09. The van der Waals surface area contributed by atoms with Gasteiger partial charge in [0, 0.05) is 16.8 Å². The van der Waals surface area contributed by atoms with Gasteiger partial charge in [0.2, 0.25) is 0 Å². The van der Waals surface area contributed by atoms with E-state index in [1.165, 1.54) is 18.2 Å². The lowest BCUT2D eigenvalue weighted by atomic mass is 10.0. The number of benzene rings is 3. The van der Waals surface area contributed by atoms with Crippen LogP contribution in [-0.4, -0.2) is 11.1 Å². The summed E-state index contributed by atoms with van der Waals surface area (Å²) in [6.45, 7) is 0. The summed E-state index contributed by atoms with van der Waals surface area (Å²) in [6, 6.07) is 12.0. The van der Waals surface area contributed by atoms with E-state index in [9.17, 15) is 27.5 Å². The van der Waals surface area contributed by atoms with Crippen LogP contribution < -0.4 is 5.32 Å². The number of carboxylic acid groups (broad SMARTS) is 1. The van der Waals surface area contributed by atoms with Gasteiger partial charge in [-0.1, -0.05) is 24.3 Å². The lowest BCUT2D eigenvalue weighted by molar-refractivity contribution is -0.139. The number of carboxylic acids is 1. The first kappa shape index (κ1) is 16.8. The molecule has 128 valence electrons. The highest BCUT2D eigenvalue weighted by atomic mass is 19.4. The van der Waals surface area contributed by atoms with Crippen LogP contribution >= 0.6 is 0 Å². The molecule has 2 N–H and O–H groups in total. The quantitative estimate of drug-likeness (QED) is 0.619. The van der Waals surface area contributed by atoms with Crippen molar-refractivity contribution >= 4 is 28.1 Å². The summed E-state index contributed by atoms with van der Waals surface area (Å²) in [7, 11) is 0. The van der Waals surface area contributed by atoms with Crippen LogP contribution in [0.5, 0.6) is 0 Å². The molecule has 0 saturated carbocycles. The van der Waals surface area contributed by atoms with Crippen LogP contribution in [0.15, 0.2) is 54.6 Å². The molecule has 3 aromatic carbocycles. The number of hydrogen-bond acceptors (Lipinski definition) is 2. The third-order valence-electron chi connectivity index (χ3n) is 3.71. The standard InChI is InChI=1S/C18H11F4NO2/c19-15-7-5-10(9-14(15)18(20,21)22)23-16-8-6-13(17(24)25)11-3-1-2-4-12(11)16/h1-9,23H,(H,24,25). The first-order valence-corrected chi connectivity index (χ1v) is 7.16. The van der Waals surface area contributed by atoms with Crippen LogP contribution in [0.1, 0.15) is 15.9 Å². The Kier molecular flexibility index (Phi) is 4.08. The van der Waals surface area contributed by atoms with Crippen molar-refractivity contribution in [1.29, 1.82) is 0 Å². The molecule has 0 radical (unpaired) electrons. The number of hydrogen-bond donors (Lipinski definition) is 2. The molecule has 0 unspecified atom stereocenters. The smallest absolute Gasteiger partial charge is 0.419 e. The van der Waals surface area contributed by atoms with Gasteiger partial charge in [-0.3, -0.25) is 0 Å². The minimum Gasteiger partial charge on any atom is -0.478 e. The molecule has 0 aliphatic rings. The molecule has 7 heteroatoms. The maximum absolute atomic E-state index is 13.4. The fourth-order valence-electron chi connectivity index (χ4n) is 2.57. The van der Waals surface area contributed by atoms with Gasteiger partial charge in [0.05, 0.1) is 11.1 Å². The molecule has 0 saturated heterocycles. The lowest BCUT2D eigenvalue weighted by Gasteiger charge is -2.14. The summed E-state index contributed by atoms with van der Waals surface area (Å²) in [5.41, 5.74) is -0.831. The summed E-state index contributed by atoms with van der Waals surface area (Å²) < 4.78 is 51.9. The second kappa shape index (κ2) is 6.08. The molecule has 0 bridgehead atoms. The molecule has 0 spiro atoms. The fourth-order valence-corrected chi connectivity index (χ4v) is 2.57. The highest BCUT2D eigenvalue weighted by molar-refractivity contribution is 6.08. The number of aromatic carboxylic acids is 1. The van der Waals surface area contributed by atoms with Gasteiger partial charge in [0.1, 0.15) is 5.82 Å². The molecule has 0 aliphatic carbocycles. The Morgan fingerprint density at radius 1 is 0.960 bits per heavy atom. The monoisotopic (exact) mass is 349 g/mol. The first-order valence-electron chi connectivity index (χ1n) is 7.16. The van der Waals surface area contributed by atoms with Crippen molar-refractivity contribution in [2.24, 2.45) is 0 Å². The number of halogens is 4. The molecule has 3 rings (SSSR count). The average molecular weight is 349 g/mol. The zero-order valence-electron chi connectivity index (χ0n) is 12.6. The molecule has 25 heavy (non-hydrogen) atoms. The summed E-state index contributed by atoms with van der Waals surface area (Å²) in [6.07, 6.45) is -4.81. The van der Waals surface area contributed by atoms with E-state index in [2.05, 4.69) is 5.32 Å². The van der Waals surface area contributed by atoms with Crippen LogP contribution in [0.2, 0.25) is 0 Å². The van der Waals surface area contributed by atoms with Gasteiger partial charge in [-0.05, 0) is 35.7 Å². The van der Waals surface area contributed by atoms with E-state index in [4.69, 9.17) is 0 Å². The Labute approximate surface area is 139 Å². The minimum atomic E-state index is -4.81. The third kappa shape index (κ3) is 3.26. The second-order valence-electron chi connectivity index (χ2n) is 5.33. The minimum absolute atomic E-state index is 0.0435. The van der Waals surface area contributed by atoms with Crippen LogP contribution in [0, 0.1) is 5.82 Å². The van der Waals surface area contributed by atoms with Crippen molar-refractivity contribution in [3.8, 4) is 0 Å². The summed E-state index contributed by atoms with van der Waals surface area (Å²) >= 11 is 0. The number of alkyl halides is 3. The Bertz CT molecular complexity index is 967. The topological polar surface area (TPSA) is 49.3 Å². The van der Waals surface area contributed by atoms with Crippen molar-refractivity contribution in [2.45, 2.75) is 6.18 Å². The Morgan fingerprint density at radius 2 is 1.64 bits per heavy atom. The van der Waals surface area contributed by atoms with Crippen LogP contribution in [0.4, 0.5) is 28.9 Å². The highest BCUT2D eigenvalue weighted by Crippen LogP contribution is 2.35. The number of nitrogens with one attached hydrogen (secondary N) is 1. The van der Waals surface area contributed by atoms with E-state index in [1.807, 2.05) is 0 Å². The maximum Gasteiger partial charge on any atom is 0.419 e. The zero-order chi connectivity index (χ0) is 18.2. The van der Waals surface area contributed by atoms with E-state index in [0.717, 1.165) is 6.07 Å². The van der Waals surface area contributed by atoms with E-state index >= 15 is 0 Å². The van der Waals surface area contributed by atoms with E-state index in [-0.39, 0.29) is 11.3 Å². The van der Waals surface area contributed by atoms with Gasteiger partial charge in [0.25, 0.3) is 0 Å². The SMILES string of the molecule is O=C(O)c1ccc(Nc2ccc(F)c(C(F)(F)F)c2)c2ccccc12. The highest BCUT2D eigenvalue weighted by Gasteiger charge is 2.34. The molecule has 0 aliphatic heterocycles. The predicted molar refractivity (Wildman–Crippen MR) is 85.6 cm³/mol. The molecule has 3 aromatic rings. The maximum atomic E-state index is 13.4. The van der Waals surface area contributed by atoms with Crippen molar-refractivity contribution < 1.29 is 27.5 Å². The average Bonchev–Trinajstić information content (AvgIpc) is 2.55. The number of anilines is 2. The Balaban J connectivity index is 2.08. The molecule has 0 heterocycles. The second-order valence-corrected chi connectivity index (χ2v) is 5.33. The lowest BCUT2D eigenvalue weighted by Crippen LogP contribution is -2.08. The molecule has 0 amide bonds. The van der Waals surface area contributed by atoms with Crippen LogP contribution in [0.25, 0.3) is 10.8 Å². The summed E-state index contributed by atoms with van der Waals surface area (Å²) in [4.78, 5) is 11.3. The summed E-state index contributed by atoms with van der Waals surface area (Å²) in [5.74, 6) is -2.46. The summed E-state index contributed by atoms with van der Waals surface area (Å²) in [5, 5.41) is 13.0. The number of fused-ring (bicyclic) bond motifs is 1. The molecule has 0 atom stereocenters. The van der Waals surface area contributed by atoms with Gasteiger partial charge in [-0.2, -0.15) is 13.2 Å². The van der Waals surface area contributed by atoms with E-state index in [0.29, 0.717) is 22.5 Å². The van der Waals surface area contributed by atoms with Gasteiger partial charge < -0.3 is 10.4 Å². The van der Waals surface area contributed by atoms with Gasteiger partial charge in [0.15, 0.2) is 0 Å². The largest absolute Gasteiger partial charge is 0.478 e. The molecule has 3 nitrogen and oxygen atoms in total. The molecular weight excluding hydrogens is 338 g/mol. The first-order chi connectivity index (χ1) is 11.8. The number of carbonyl (C=O) groups is 1.